The molecule has 2 fully saturated rings. The molecule has 2 rings (SSSR count). The highest BCUT2D eigenvalue weighted by Gasteiger charge is 2.35. The van der Waals surface area contributed by atoms with E-state index in [1.165, 1.54) is 12.8 Å². The van der Waals surface area contributed by atoms with Gasteiger partial charge in [-0.1, -0.05) is 12.8 Å². The normalized spacial score (nSPS) is 25.0. The summed E-state index contributed by atoms with van der Waals surface area (Å²) in [5, 5.41) is 0. The Bertz CT molecular complexity index is 474. The molecular weight excluding hydrogens is 304 g/mol. The number of carbonyl (C=O) groups is 1. The third-order valence-electron chi connectivity index (χ3n) is 4.84. The fourth-order valence-electron chi connectivity index (χ4n) is 3.50. The molecule has 0 aromatic carbocycles. The first-order chi connectivity index (χ1) is 10.4. The molecule has 6 nitrogen and oxygen atoms in total. The molecule has 0 N–H and O–H groups in total. The van der Waals surface area contributed by atoms with Gasteiger partial charge in [-0.25, -0.2) is 8.42 Å². The Morgan fingerprint density at radius 2 is 1.86 bits per heavy atom. The number of hydrogen-bond acceptors (Lipinski definition) is 5. The second-order valence-electron chi connectivity index (χ2n) is 6.49. The third-order valence-corrected chi connectivity index (χ3v) is 6.59. The van der Waals surface area contributed by atoms with Gasteiger partial charge in [-0.15, -0.1) is 0 Å². The Morgan fingerprint density at radius 1 is 1.18 bits per heavy atom. The molecule has 1 heterocycles. The third kappa shape index (κ3) is 4.67. The summed E-state index contributed by atoms with van der Waals surface area (Å²) in [6.07, 6.45) is 5.32. The van der Waals surface area contributed by atoms with Gasteiger partial charge in [0.2, 0.25) is 5.91 Å². The van der Waals surface area contributed by atoms with Gasteiger partial charge in [0.1, 0.15) is 0 Å². The van der Waals surface area contributed by atoms with Crippen LogP contribution in [0.5, 0.6) is 0 Å². The number of sulfone groups is 1. The van der Waals surface area contributed by atoms with Crippen molar-refractivity contribution in [3.63, 3.8) is 0 Å². The molecule has 1 aliphatic heterocycles. The largest absolute Gasteiger partial charge is 0.383 e. The Hall–Kier alpha value is -0.660. The molecule has 0 spiro atoms. The van der Waals surface area contributed by atoms with E-state index >= 15 is 0 Å². The van der Waals surface area contributed by atoms with Gasteiger partial charge in [-0.2, -0.15) is 0 Å². The summed E-state index contributed by atoms with van der Waals surface area (Å²) in [7, 11) is 0.598. The van der Waals surface area contributed by atoms with Crippen LogP contribution in [-0.4, -0.2) is 81.6 Å². The van der Waals surface area contributed by atoms with Crippen molar-refractivity contribution < 1.29 is 17.9 Å². The molecule has 1 saturated carbocycles. The monoisotopic (exact) mass is 332 g/mol. The Labute approximate surface area is 133 Å². The Kier molecular flexibility index (Phi) is 6.23. The van der Waals surface area contributed by atoms with E-state index in [1.54, 1.807) is 12.0 Å². The first-order valence-corrected chi connectivity index (χ1v) is 9.94. The Morgan fingerprint density at radius 3 is 2.41 bits per heavy atom. The maximum Gasteiger partial charge on any atom is 0.237 e. The SMILES string of the molecule is COCCN(C(=O)CN(C)C1CCCC1)[C@H]1CCS(=O)(=O)C1. The van der Waals surface area contributed by atoms with Crippen LogP contribution in [0.1, 0.15) is 32.1 Å². The highest BCUT2D eigenvalue weighted by atomic mass is 32.2. The van der Waals surface area contributed by atoms with E-state index in [0.29, 0.717) is 32.2 Å². The molecule has 128 valence electrons. The number of nitrogens with zero attached hydrogens (tertiary/aromatic N) is 2. The van der Waals surface area contributed by atoms with Gasteiger partial charge in [0, 0.05) is 25.7 Å². The lowest BCUT2D eigenvalue weighted by atomic mass is 10.2. The number of amides is 1. The molecule has 0 radical (unpaired) electrons. The van der Waals surface area contributed by atoms with Gasteiger partial charge in [-0.3, -0.25) is 9.69 Å². The minimum atomic E-state index is -2.99. The molecule has 1 atom stereocenters. The van der Waals surface area contributed by atoms with Crippen LogP contribution in [-0.2, 0) is 19.4 Å². The highest BCUT2D eigenvalue weighted by molar-refractivity contribution is 7.91. The topological polar surface area (TPSA) is 66.9 Å². The van der Waals surface area contributed by atoms with E-state index in [1.807, 2.05) is 7.05 Å². The molecule has 2 aliphatic rings. The van der Waals surface area contributed by atoms with Crippen molar-refractivity contribution in [2.75, 3.05) is 45.4 Å². The van der Waals surface area contributed by atoms with Crippen molar-refractivity contribution >= 4 is 15.7 Å². The predicted octanol–water partition coefficient (Wildman–Crippen LogP) is 0.523. The summed E-state index contributed by atoms with van der Waals surface area (Å²) >= 11 is 0. The first-order valence-electron chi connectivity index (χ1n) is 8.12. The second kappa shape index (κ2) is 7.75. The predicted molar refractivity (Wildman–Crippen MR) is 85.5 cm³/mol. The fraction of sp³-hybridized carbons (Fsp3) is 0.933. The van der Waals surface area contributed by atoms with E-state index < -0.39 is 9.84 Å². The molecular formula is C15H28N2O4S. The molecule has 0 aromatic heterocycles. The molecule has 22 heavy (non-hydrogen) atoms. The van der Waals surface area contributed by atoms with Gasteiger partial charge in [0.15, 0.2) is 9.84 Å². The van der Waals surface area contributed by atoms with E-state index in [4.69, 9.17) is 4.74 Å². The molecule has 1 aliphatic carbocycles. The maximum absolute atomic E-state index is 12.6. The van der Waals surface area contributed by atoms with E-state index in [9.17, 15) is 13.2 Å². The number of likely N-dealkylation sites (N-methyl/N-ethyl adjacent to an activating group) is 1. The van der Waals surface area contributed by atoms with Crippen LogP contribution < -0.4 is 0 Å². The summed E-state index contributed by atoms with van der Waals surface area (Å²) in [5.74, 6) is 0.302. The van der Waals surface area contributed by atoms with Crippen LogP contribution in [0.3, 0.4) is 0 Å². The van der Waals surface area contributed by atoms with Crippen molar-refractivity contribution in [2.24, 2.45) is 0 Å². The van der Waals surface area contributed by atoms with Crippen LogP contribution in [0.25, 0.3) is 0 Å². The molecule has 7 heteroatoms. The average molecular weight is 332 g/mol. The molecule has 1 amide bonds. The number of ether oxygens (including phenoxy) is 1. The molecule has 0 unspecified atom stereocenters. The summed E-state index contributed by atoms with van der Waals surface area (Å²) in [4.78, 5) is 16.5. The lowest BCUT2D eigenvalue weighted by molar-refractivity contribution is -0.135. The van der Waals surface area contributed by atoms with Gasteiger partial charge in [0.25, 0.3) is 0 Å². The smallest absolute Gasteiger partial charge is 0.237 e. The molecule has 0 bridgehead atoms. The minimum Gasteiger partial charge on any atom is -0.383 e. The molecule has 1 saturated heterocycles. The fourth-order valence-corrected chi connectivity index (χ4v) is 5.23. The van der Waals surface area contributed by atoms with Gasteiger partial charge in [0.05, 0.1) is 24.7 Å². The summed E-state index contributed by atoms with van der Waals surface area (Å²) in [6, 6.07) is 0.296. The van der Waals surface area contributed by atoms with E-state index in [2.05, 4.69) is 4.90 Å². The summed E-state index contributed by atoms with van der Waals surface area (Å²) < 4.78 is 28.5. The van der Waals surface area contributed by atoms with Crippen molar-refractivity contribution in [3.05, 3.63) is 0 Å². The van der Waals surface area contributed by atoms with Crippen molar-refractivity contribution in [2.45, 2.75) is 44.2 Å². The standard InChI is InChI=1S/C15H28N2O4S/c1-16(13-5-3-4-6-13)11-15(18)17(8-9-21-2)14-7-10-22(19,20)12-14/h13-14H,3-12H2,1-2H3/t14-/m0/s1. The quantitative estimate of drug-likeness (QED) is 0.680. The average Bonchev–Trinajstić information content (AvgIpc) is 3.09. The van der Waals surface area contributed by atoms with Gasteiger partial charge >= 0.3 is 0 Å². The van der Waals surface area contributed by atoms with Crippen LogP contribution >= 0.6 is 0 Å². The summed E-state index contributed by atoms with van der Waals surface area (Å²) in [6.45, 7) is 1.27. The van der Waals surface area contributed by atoms with Crippen LogP contribution in [0, 0.1) is 0 Å². The van der Waals surface area contributed by atoms with Crippen molar-refractivity contribution in [3.8, 4) is 0 Å². The molecule has 0 aromatic rings. The van der Waals surface area contributed by atoms with Crippen molar-refractivity contribution in [1.82, 2.24) is 9.80 Å². The lowest BCUT2D eigenvalue weighted by Gasteiger charge is -2.31. The number of hydrogen-bond donors (Lipinski definition) is 0. The Balaban J connectivity index is 1.96. The van der Waals surface area contributed by atoms with Gasteiger partial charge in [-0.05, 0) is 26.3 Å². The lowest BCUT2D eigenvalue weighted by Crippen LogP contribution is -2.48. The van der Waals surface area contributed by atoms with Gasteiger partial charge < -0.3 is 9.64 Å². The highest BCUT2D eigenvalue weighted by Crippen LogP contribution is 2.23. The van der Waals surface area contributed by atoms with E-state index in [-0.39, 0.29) is 23.5 Å². The number of rotatable bonds is 7. The van der Waals surface area contributed by atoms with Crippen LogP contribution in [0.15, 0.2) is 0 Å². The van der Waals surface area contributed by atoms with Crippen molar-refractivity contribution in [1.29, 1.82) is 0 Å². The maximum atomic E-state index is 12.6. The van der Waals surface area contributed by atoms with E-state index in [0.717, 1.165) is 12.8 Å². The first kappa shape index (κ1) is 17.7. The minimum absolute atomic E-state index is 0.0218. The number of carbonyl (C=O) groups excluding carboxylic acids is 1. The van der Waals surface area contributed by atoms with Crippen LogP contribution in [0.2, 0.25) is 0 Å². The summed E-state index contributed by atoms with van der Waals surface area (Å²) in [5.41, 5.74) is 0. The zero-order valence-corrected chi connectivity index (χ0v) is 14.5. The second-order valence-corrected chi connectivity index (χ2v) is 8.72. The number of methoxy groups -OCH3 is 1. The zero-order chi connectivity index (χ0) is 16.2. The zero-order valence-electron chi connectivity index (χ0n) is 13.7. The van der Waals surface area contributed by atoms with Crippen LogP contribution in [0.4, 0.5) is 0 Å².